The predicted molar refractivity (Wildman–Crippen MR) is 93.4 cm³/mol. The van der Waals surface area contributed by atoms with E-state index in [4.69, 9.17) is 5.11 Å². The summed E-state index contributed by atoms with van der Waals surface area (Å²) in [6.45, 7) is 6.73. The summed E-state index contributed by atoms with van der Waals surface area (Å²) < 4.78 is 0. The van der Waals surface area contributed by atoms with Crippen LogP contribution in [0.3, 0.4) is 0 Å². The van der Waals surface area contributed by atoms with E-state index in [1.807, 2.05) is 0 Å². The monoisotopic (exact) mass is 304 g/mol. The van der Waals surface area contributed by atoms with Gasteiger partial charge in [0.1, 0.15) is 0 Å². The van der Waals surface area contributed by atoms with Crippen molar-refractivity contribution in [3.63, 3.8) is 0 Å². The quantitative estimate of drug-likeness (QED) is 0.524. The van der Waals surface area contributed by atoms with Crippen LogP contribution in [0.1, 0.15) is 82.8 Å². The molecule has 0 radical (unpaired) electrons. The molecule has 1 aromatic carbocycles. The second kappa shape index (κ2) is 10.4. The molecule has 0 heterocycles. The van der Waals surface area contributed by atoms with Crippen molar-refractivity contribution in [1.29, 1.82) is 0 Å². The number of hydrogen-bond acceptors (Lipinski definition) is 1. The van der Waals surface area contributed by atoms with Crippen LogP contribution < -0.4 is 0 Å². The normalized spacial score (nSPS) is 12.5. The Hall–Kier alpha value is -1.31. The average Bonchev–Trinajstić information content (AvgIpc) is 2.47. The van der Waals surface area contributed by atoms with Gasteiger partial charge in [0.05, 0.1) is 0 Å². The maximum Gasteiger partial charge on any atom is 0.303 e. The molecule has 1 atom stereocenters. The van der Waals surface area contributed by atoms with Crippen molar-refractivity contribution in [2.45, 2.75) is 78.1 Å². The van der Waals surface area contributed by atoms with Crippen molar-refractivity contribution in [3.8, 4) is 0 Å². The summed E-state index contributed by atoms with van der Waals surface area (Å²) in [5.74, 6) is 0.600. The van der Waals surface area contributed by atoms with E-state index in [2.05, 4.69) is 45.0 Å². The van der Waals surface area contributed by atoms with Crippen LogP contribution in [0, 0.1) is 5.92 Å². The Morgan fingerprint density at radius 2 is 1.68 bits per heavy atom. The third-order valence-electron chi connectivity index (χ3n) is 4.19. The van der Waals surface area contributed by atoms with Gasteiger partial charge in [0.2, 0.25) is 0 Å². The summed E-state index contributed by atoms with van der Waals surface area (Å²) in [5.41, 5.74) is 2.84. The second-order valence-electron chi connectivity index (χ2n) is 6.82. The maximum atomic E-state index is 10.6. The molecule has 0 aliphatic carbocycles. The first-order valence-corrected chi connectivity index (χ1v) is 8.83. The van der Waals surface area contributed by atoms with Crippen LogP contribution in [-0.2, 0) is 11.2 Å². The van der Waals surface area contributed by atoms with E-state index in [0.717, 1.165) is 25.7 Å². The highest BCUT2D eigenvalue weighted by molar-refractivity contribution is 5.66. The zero-order valence-corrected chi connectivity index (χ0v) is 14.5. The molecule has 2 nitrogen and oxygen atoms in total. The number of benzene rings is 1. The SMILES string of the molecule is CCCCC(CCCCC(=O)O)c1ccc(CC(C)C)cc1. The third-order valence-corrected chi connectivity index (χ3v) is 4.19. The van der Waals surface area contributed by atoms with Crippen molar-refractivity contribution in [2.24, 2.45) is 5.92 Å². The van der Waals surface area contributed by atoms with Crippen molar-refractivity contribution < 1.29 is 9.90 Å². The zero-order chi connectivity index (χ0) is 16.4. The number of carboxylic acids is 1. The highest BCUT2D eigenvalue weighted by atomic mass is 16.4. The Morgan fingerprint density at radius 1 is 1.05 bits per heavy atom. The number of carboxylic acid groups (broad SMARTS) is 1. The van der Waals surface area contributed by atoms with Crippen LogP contribution in [0.2, 0.25) is 0 Å². The second-order valence-corrected chi connectivity index (χ2v) is 6.82. The van der Waals surface area contributed by atoms with Crippen molar-refractivity contribution in [2.75, 3.05) is 0 Å². The molecular weight excluding hydrogens is 272 g/mol. The van der Waals surface area contributed by atoms with Crippen LogP contribution in [0.4, 0.5) is 0 Å². The summed E-state index contributed by atoms with van der Waals surface area (Å²) in [6.07, 6.45) is 8.03. The van der Waals surface area contributed by atoms with Gasteiger partial charge in [0.25, 0.3) is 0 Å². The smallest absolute Gasteiger partial charge is 0.303 e. The third kappa shape index (κ3) is 7.63. The van der Waals surface area contributed by atoms with Gasteiger partial charge in [-0.1, -0.05) is 64.3 Å². The Balaban J connectivity index is 2.59. The molecular formula is C20H32O2. The van der Waals surface area contributed by atoms with E-state index in [9.17, 15) is 4.79 Å². The van der Waals surface area contributed by atoms with Gasteiger partial charge in [-0.05, 0) is 48.6 Å². The van der Waals surface area contributed by atoms with E-state index < -0.39 is 5.97 Å². The molecule has 1 rings (SSSR count). The first kappa shape index (κ1) is 18.7. The van der Waals surface area contributed by atoms with Crippen molar-refractivity contribution in [3.05, 3.63) is 35.4 Å². The van der Waals surface area contributed by atoms with Gasteiger partial charge in [-0.2, -0.15) is 0 Å². The Bertz CT molecular complexity index is 420. The minimum Gasteiger partial charge on any atom is -0.481 e. The number of unbranched alkanes of at least 4 members (excludes halogenated alkanes) is 2. The number of carbonyl (C=O) groups is 1. The largest absolute Gasteiger partial charge is 0.481 e. The Labute approximate surface area is 135 Å². The molecule has 0 spiro atoms. The summed E-state index contributed by atoms with van der Waals surface area (Å²) in [4.78, 5) is 10.6. The molecule has 2 heteroatoms. The van der Waals surface area contributed by atoms with Gasteiger partial charge in [-0.3, -0.25) is 4.79 Å². The lowest BCUT2D eigenvalue weighted by atomic mass is 9.88. The maximum absolute atomic E-state index is 10.6. The van der Waals surface area contributed by atoms with E-state index >= 15 is 0 Å². The van der Waals surface area contributed by atoms with Crippen LogP contribution in [-0.4, -0.2) is 11.1 Å². The first-order valence-electron chi connectivity index (χ1n) is 8.83. The lowest BCUT2D eigenvalue weighted by Crippen LogP contribution is -2.02. The zero-order valence-electron chi connectivity index (χ0n) is 14.5. The van der Waals surface area contributed by atoms with Gasteiger partial charge in [-0.15, -0.1) is 0 Å². The molecule has 1 N–H and O–H groups in total. The van der Waals surface area contributed by atoms with Crippen LogP contribution in [0.5, 0.6) is 0 Å². The highest BCUT2D eigenvalue weighted by Gasteiger charge is 2.11. The summed E-state index contributed by atoms with van der Waals surface area (Å²) >= 11 is 0. The lowest BCUT2D eigenvalue weighted by molar-refractivity contribution is -0.137. The minimum absolute atomic E-state index is 0.299. The molecule has 0 fully saturated rings. The number of rotatable bonds is 11. The van der Waals surface area contributed by atoms with Gasteiger partial charge in [0.15, 0.2) is 0 Å². The predicted octanol–water partition coefficient (Wildman–Crippen LogP) is 5.80. The summed E-state index contributed by atoms with van der Waals surface area (Å²) in [7, 11) is 0. The average molecular weight is 304 g/mol. The highest BCUT2D eigenvalue weighted by Crippen LogP contribution is 2.28. The fourth-order valence-corrected chi connectivity index (χ4v) is 2.99. The molecule has 0 aliphatic rings. The molecule has 22 heavy (non-hydrogen) atoms. The van der Waals surface area contributed by atoms with Gasteiger partial charge >= 0.3 is 5.97 Å². The lowest BCUT2D eigenvalue weighted by Gasteiger charge is -2.18. The molecule has 0 aliphatic heterocycles. The molecule has 0 bridgehead atoms. The Morgan fingerprint density at radius 3 is 2.23 bits per heavy atom. The molecule has 0 saturated heterocycles. The minimum atomic E-state index is -0.678. The van der Waals surface area contributed by atoms with E-state index in [0.29, 0.717) is 18.3 Å². The summed E-state index contributed by atoms with van der Waals surface area (Å²) in [5, 5.41) is 8.74. The topological polar surface area (TPSA) is 37.3 Å². The van der Waals surface area contributed by atoms with Gasteiger partial charge in [0, 0.05) is 6.42 Å². The molecule has 0 aromatic heterocycles. The molecule has 1 unspecified atom stereocenters. The van der Waals surface area contributed by atoms with Crippen LogP contribution >= 0.6 is 0 Å². The van der Waals surface area contributed by atoms with Gasteiger partial charge < -0.3 is 5.11 Å². The van der Waals surface area contributed by atoms with E-state index in [1.54, 1.807) is 0 Å². The van der Waals surface area contributed by atoms with E-state index in [-0.39, 0.29) is 0 Å². The fraction of sp³-hybridized carbons (Fsp3) is 0.650. The Kier molecular flexibility index (Phi) is 8.88. The molecule has 1 aromatic rings. The standard InChI is InChI=1S/C20H32O2/c1-4-5-8-18(9-6-7-10-20(21)22)19-13-11-17(12-14-19)15-16(2)3/h11-14,16,18H,4-10,15H2,1-3H3,(H,21,22). The van der Waals surface area contributed by atoms with Crippen molar-refractivity contribution >= 4 is 5.97 Å². The molecule has 0 amide bonds. The van der Waals surface area contributed by atoms with Crippen molar-refractivity contribution in [1.82, 2.24) is 0 Å². The van der Waals surface area contributed by atoms with Gasteiger partial charge in [-0.25, -0.2) is 0 Å². The van der Waals surface area contributed by atoms with Crippen LogP contribution in [0.25, 0.3) is 0 Å². The molecule has 124 valence electrons. The number of aliphatic carboxylic acids is 1. The first-order chi connectivity index (χ1) is 10.5. The molecule has 0 saturated carbocycles. The number of hydrogen-bond donors (Lipinski definition) is 1. The summed E-state index contributed by atoms with van der Waals surface area (Å²) in [6, 6.07) is 9.11. The fourth-order valence-electron chi connectivity index (χ4n) is 2.99. The van der Waals surface area contributed by atoms with E-state index in [1.165, 1.54) is 30.4 Å². The van der Waals surface area contributed by atoms with Crippen LogP contribution in [0.15, 0.2) is 24.3 Å².